The number of carbonyl (C=O) groups is 4. The molecule has 0 aliphatic heterocycles. The van der Waals surface area contributed by atoms with Gasteiger partial charge in [-0.2, -0.15) is 22.0 Å². The minimum absolute atomic E-state index is 0.0376. The van der Waals surface area contributed by atoms with Gasteiger partial charge in [0.1, 0.15) is 22.6 Å². The van der Waals surface area contributed by atoms with Crippen LogP contribution in [0, 0.1) is 44.2 Å². The monoisotopic (exact) mass is 1730 g/mol. The van der Waals surface area contributed by atoms with Crippen molar-refractivity contribution in [2.75, 3.05) is 0 Å². The maximum Gasteiger partial charge on any atom is 0.432 e. The van der Waals surface area contributed by atoms with Crippen LogP contribution in [0.4, 0.5) is 22.0 Å². The summed E-state index contributed by atoms with van der Waals surface area (Å²) in [4.78, 5) is 51.0. The van der Waals surface area contributed by atoms with Gasteiger partial charge in [0.05, 0.1) is 30.8 Å². The zero-order valence-corrected chi connectivity index (χ0v) is 66.5. The van der Waals surface area contributed by atoms with Gasteiger partial charge in [0.25, 0.3) is 6.10 Å². The number of alkyl halides is 5. The highest BCUT2D eigenvalue weighted by molar-refractivity contribution is 14.1. The van der Waals surface area contributed by atoms with E-state index in [1.807, 2.05) is 41.5 Å². The lowest BCUT2D eigenvalue weighted by Crippen LogP contribution is -2.62. The fourth-order valence-electron chi connectivity index (χ4n) is 13.5. The molecule has 23 heteroatoms. The highest BCUT2D eigenvalue weighted by Crippen LogP contribution is 2.64. The van der Waals surface area contributed by atoms with Crippen molar-refractivity contribution in [3.63, 3.8) is 0 Å². The maximum absolute atomic E-state index is 13.9. The zero-order valence-electron chi connectivity index (χ0n) is 58.3. The molecule has 0 saturated heterocycles. The van der Waals surface area contributed by atoms with Crippen LogP contribution >= 0.6 is 78.2 Å². The molecule has 4 unspecified atom stereocenters. The van der Waals surface area contributed by atoms with E-state index in [1.165, 1.54) is 41.5 Å². The Hall–Kier alpha value is -3.51. The average Bonchev–Trinajstić information content (AvgIpc) is 1.44. The third kappa shape index (κ3) is 19.2. The molecule has 13 nitrogen and oxygen atoms in total. The van der Waals surface area contributed by atoms with Crippen molar-refractivity contribution < 1.29 is 83.3 Å². The van der Waals surface area contributed by atoms with Gasteiger partial charge in [-0.25, -0.2) is 8.42 Å². The van der Waals surface area contributed by atoms with Crippen LogP contribution < -0.4 is 0 Å². The lowest BCUT2D eigenvalue weighted by atomic mass is 9.48. The number of rotatable bonds is 17. The van der Waals surface area contributed by atoms with E-state index < -0.39 is 72.6 Å². The van der Waals surface area contributed by atoms with Gasteiger partial charge in [-0.15, -0.1) is 0 Å². The topological polar surface area (TPSA) is 203 Å². The standard InChI is InChI=1S/C20H27F5O7S.C18H13S.C14H26O3.C12H22O2.C10H11I3O/c1-4-16(2,3)14(26)32-18-8-11-5-12(9-18)7-17(6-11,10-18)15(27)31-13(19(21,22)23)20(24,25)33(28,29)30;1-2-8-14(9-3-1)19-17-12-6-4-10-15(17)16-11-5-7-13-18(16)19;1-6-12(2,3)11(15)17-14(13(4,5)16)9-7-8-10-14;1-5-11(2,3)10(13)14-12(4)8-6-7-9-12;1-3-5(2)6-4-7(11)8(12)9(13)10(6)14/h11-13H,4-10H2,1-3H3,(H,28,29,30);1-13H;16H,6-10H2,1-5H3;5-9H2,1-4H3;4-5,14H,3H2,1-2H3/q;+1;;;/p-1. The molecule has 6 aliphatic rings. The number of thiophene rings is 1. The van der Waals surface area contributed by atoms with Crippen LogP contribution in [0.5, 0.6) is 5.75 Å². The van der Waals surface area contributed by atoms with Crippen molar-refractivity contribution in [1.29, 1.82) is 0 Å². The number of phenols is 1. The molecule has 97 heavy (non-hydrogen) atoms. The van der Waals surface area contributed by atoms with Crippen molar-refractivity contribution in [2.24, 2.45) is 33.5 Å². The van der Waals surface area contributed by atoms with Crippen LogP contribution in [-0.2, 0) is 48.2 Å². The molecule has 0 spiro atoms. The van der Waals surface area contributed by atoms with Gasteiger partial charge in [0.2, 0.25) is 0 Å². The van der Waals surface area contributed by atoms with Gasteiger partial charge < -0.3 is 33.7 Å². The second-order valence-electron chi connectivity index (χ2n) is 29.9. The molecule has 0 radical (unpaired) electrons. The smallest absolute Gasteiger partial charge is 0.432 e. The van der Waals surface area contributed by atoms with Gasteiger partial charge in [-0.05, 0) is 305 Å². The van der Waals surface area contributed by atoms with Crippen molar-refractivity contribution >= 4 is 132 Å². The van der Waals surface area contributed by atoms with Gasteiger partial charge in [0, 0.05) is 34.8 Å². The molecule has 11 rings (SSSR count). The van der Waals surface area contributed by atoms with E-state index >= 15 is 0 Å². The Kier molecular flexibility index (Phi) is 27.2. The van der Waals surface area contributed by atoms with Crippen LogP contribution in [-0.4, -0.2) is 87.0 Å². The second kappa shape index (κ2) is 32.0. The minimum Gasteiger partial charge on any atom is -0.743 e. The van der Waals surface area contributed by atoms with Crippen molar-refractivity contribution in [2.45, 2.75) is 258 Å². The van der Waals surface area contributed by atoms with Crippen LogP contribution in [0.15, 0.2) is 84.9 Å². The van der Waals surface area contributed by atoms with Gasteiger partial charge in [-0.3, -0.25) is 19.2 Å². The Bertz CT molecular complexity index is 3620. The molecule has 1 heterocycles. The fraction of sp³-hybridized carbons (Fsp3) is 0.622. The van der Waals surface area contributed by atoms with Crippen molar-refractivity contribution in [3.8, 4) is 10.6 Å². The summed E-state index contributed by atoms with van der Waals surface area (Å²) >= 11 is 6.80. The number of hydrogen-bond donors (Lipinski definition) is 2. The number of halogens is 8. The van der Waals surface area contributed by atoms with Gasteiger partial charge >= 0.3 is 35.3 Å². The SMILES string of the molecule is CCC(C)(C)C(=O)OC1(C(C)(C)O)CCCC1.CCC(C)(C)C(=O)OC1(C)CCCC1.CCC(C)(C)C(=O)OC12CC3CC(C1)CC(C(=O)OC(C(F)(F)F)C(F)(F)S(=O)(=O)[O-])(C3)C2.CCC(C)c1cc(I)c(I)c(I)c1O.c1ccc(-[s+]2c3ccccc3c3ccccc32)cc1. The first-order valence-electron chi connectivity index (χ1n) is 33.6. The van der Waals surface area contributed by atoms with Crippen LogP contribution in [0.25, 0.3) is 25.1 Å². The van der Waals surface area contributed by atoms with Crippen molar-refractivity contribution in [1.82, 2.24) is 0 Å². The first-order valence-corrected chi connectivity index (χ1v) is 39.5. The molecule has 2 N–H and O–H groups in total. The first-order chi connectivity index (χ1) is 44.7. The number of fused-ring (bicyclic) bond motifs is 3. The summed E-state index contributed by atoms with van der Waals surface area (Å²) in [5.41, 5.74) is -5.19. The van der Waals surface area contributed by atoms with E-state index in [9.17, 15) is 64.3 Å². The van der Waals surface area contributed by atoms with E-state index in [1.54, 1.807) is 34.6 Å². The summed E-state index contributed by atoms with van der Waals surface area (Å²) in [7, 11) is -6.72. The first kappa shape index (κ1) is 82.4. The Morgan fingerprint density at radius 3 is 1.52 bits per heavy atom. The number of ether oxygens (including phenoxy) is 4. The summed E-state index contributed by atoms with van der Waals surface area (Å²) in [5.74, 6) is -1.94. The summed E-state index contributed by atoms with van der Waals surface area (Å²) < 4.78 is 127. The van der Waals surface area contributed by atoms with E-state index in [-0.39, 0.29) is 64.5 Å². The Morgan fingerprint density at radius 1 is 0.649 bits per heavy atom. The molecular weight excluding hydrogens is 1640 g/mol. The largest absolute Gasteiger partial charge is 0.743 e. The molecular formula is C74H98F5I3O13S2. The number of esters is 4. The van der Waals surface area contributed by atoms with E-state index in [0.29, 0.717) is 37.4 Å². The molecule has 4 bridgehead atoms. The highest BCUT2D eigenvalue weighted by Gasteiger charge is 2.68. The summed E-state index contributed by atoms with van der Waals surface area (Å²) in [6.07, 6.45) is 1.93. The third-order valence-electron chi connectivity index (χ3n) is 20.8. The molecule has 0 amide bonds. The Labute approximate surface area is 614 Å². The van der Waals surface area contributed by atoms with Crippen LogP contribution in [0.3, 0.4) is 0 Å². The maximum atomic E-state index is 13.9. The zero-order chi connectivity index (χ0) is 72.9. The van der Waals surface area contributed by atoms with E-state index in [0.717, 1.165) is 70.5 Å². The van der Waals surface area contributed by atoms with Gasteiger partial charge in [0.15, 0.2) is 24.4 Å². The summed E-state index contributed by atoms with van der Waals surface area (Å²) in [6, 6.07) is 30.5. The summed E-state index contributed by atoms with van der Waals surface area (Å²) in [5, 5.41) is 17.2. The lowest BCUT2D eigenvalue weighted by molar-refractivity contribution is -0.270. The Balaban J connectivity index is 0.000000201. The number of benzene rings is 4. The van der Waals surface area contributed by atoms with Crippen LogP contribution in [0.1, 0.15) is 224 Å². The predicted octanol–water partition coefficient (Wildman–Crippen LogP) is 20.7. The Morgan fingerprint density at radius 2 is 1.08 bits per heavy atom. The fourth-order valence-corrected chi connectivity index (χ4v) is 18.5. The highest BCUT2D eigenvalue weighted by atomic mass is 127. The molecule has 6 fully saturated rings. The molecule has 4 aromatic carbocycles. The number of carbonyl (C=O) groups excluding carboxylic acids is 4. The number of phenolic OH excluding ortho intramolecular Hbond substituents is 1. The molecule has 5 aromatic rings. The molecule has 1 aromatic heterocycles. The molecule has 540 valence electrons. The van der Waals surface area contributed by atoms with Gasteiger partial charge in [-0.1, -0.05) is 77.1 Å². The molecule has 4 atom stereocenters. The number of aromatic hydroxyl groups is 1. The number of hydrogen-bond acceptors (Lipinski definition) is 13. The van der Waals surface area contributed by atoms with E-state index in [2.05, 4.69) is 178 Å². The summed E-state index contributed by atoms with van der Waals surface area (Å²) in [6.45, 7) is 26.6. The average molecular weight is 1740 g/mol. The quantitative estimate of drug-likeness (QED) is 0.0169. The van der Waals surface area contributed by atoms with E-state index in [4.69, 9.17) is 14.2 Å². The molecule has 6 saturated carbocycles. The van der Waals surface area contributed by atoms with Crippen LogP contribution in [0.2, 0.25) is 0 Å². The second-order valence-corrected chi connectivity index (χ2v) is 36.6. The third-order valence-corrected chi connectivity index (χ3v) is 29.1. The number of aliphatic hydroxyl groups is 1. The normalized spacial score (nSPS) is 21.9. The minimum atomic E-state index is -6.78. The van der Waals surface area contributed by atoms with Crippen molar-refractivity contribution in [3.05, 3.63) is 101 Å². The predicted molar refractivity (Wildman–Crippen MR) is 396 cm³/mol. The lowest BCUT2D eigenvalue weighted by Gasteiger charge is -2.60. The molecule has 6 aliphatic carbocycles.